The topological polar surface area (TPSA) is 73.3 Å². The zero-order valence-electron chi connectivity index (χ0n) is 11.7. The van der Waals surface area contributed by atoms with Gasteiger partial charge in [0, 0.05) is 18.1 Å². The summed E-state index contributed by atoms with van der Waals surface area (Å²) in [4.78, 5) is 20.3. The number of ether oxygens (including phenoxy) is 2. The minimum atomic E-state index is -0.615. The molecule has 2 fully saturated rings. The highest BCUT2D eigenvalue weighted by molar-refractivity contribution is 8.01. The second-order valence-corrected chi connectivity index (χ2v) is 6.94. The van der Waals surface area contributed by atoms with Crippen molar-refractivity contribution in [2.45, 2.75) is 37.1 Å². The Morgan fingerprint density at radius 2 is 2.24 bits per heavy atom. The van der Waals surface area contributed by atoms with E-state index in [0.717, 1.165) is 5.75 Å². The van der Waals surface area contributed by atoms with Crippen LogP contribution in [0.15, 0.2) is 12.4 Å². The van der Waals surface area contributed by atoms with Crippen LogP contribution < -0.4 is 5.32 Å². The summed E-state index contributed by atoms with van der Waals surface area (Å²) >= 11 is 7.47. The van der Waals surface area contributed by atoms with Crippen LogP contribution in [0, 0.1) is 0 Å². The van der Waals surface area contributed by atoms with Crippen LogP contribution in [0.5, 0.6) is 0 Å². The number of halogens is 1. The van der Waals surface area contributed by atoms with Crippen molar-refractivity contribution in [3.63, 3.8) is 0 Å². The lowest BCUT2D eigenvalue weighted by atomic mass is 10.1. The van der Waals surface area contributed by atoms with Gasteiger partial charge in [0.15, 0.2) is 22.5 Å². The van der Waals surface area contributed by atoms with E-state index in [1.165, 1.54) is 12.4 Å². The highest BCUT2D eigenvalue weighted by Gasteiger charge is 2.51. The largest absolute Gasteiger partial charge is 0.360 e. The molecule has 2 aliphatic rings. The predicted octanol–water partition coefficient (Wildman–Crippen LogP) is 1.75. The van der Waals surface area contributed by atoms with Crippen LogP contribution in [-0.2, 0) is 14.3 Å². The summed E-state index contributed by atoms with van der Waals surface area (Å²) in [6.07, 6.45) is 2.82. The van der Waals surface area contributed by atoms with E-state index in [2.05, 4.69) is 15.3 Å². The van der Waals surface area contributed by atoms with Gasteiger partial charge in [-0.25, -0.2) is 9.97 Å². The van der Waals surface area contributed by atoms with E-state index < -0.39 is 5.79 Å². The van der Waals surface area contributed by atoms with E-state index in [1.54, 1.807) is 11.8 Å². The van der Waals surface area contributed by atoms with Crippen molar-refractivity contribution in [2.75, 3.05) is 17.6 Å². The second-order valence-electron chi connectivity index (χ2n) is 5.41. The van der Waals surface area contributed by atoms with Crippen LogP contribution in [0.3, 0.4) is 0 Å². The average molecular weight is 330 g/mol. The van der Waals surface area contributed by atoms with E-state index in [9.17, 15) is 4.79 Å². The zero-order valence-corrected chi connectivity index (χ0v) is 13.3. The fourth-order valence-corrected chi connectivity index (χ4v) is 4.05. The number of nitrogens with zero attached hydrogens (tertiary/aromatic N) is 2. The first-order valence-electron chi connectivity index (χ1n) is 6.66. The van der Waals surface area contributed by atoms with E-state index in [4.69, 9.17) is 21.1 Å². The molecule has 1 aromatic heterocycles. The highest BCUT2D eigenvalue weighted by atomic mass is 35.5. The minimum Gasteiger partial charge on any atom is -0.360 e. The standard InChI is InChI=1S/C13H16ClN3O3S/c1-13(2)19-8-6-21-10(9(8)20-13)7(18)5-17-12-11(14)15-3-4-16-12/h3-4,8-10H,5-6H2,1-2H3,(H,16,17)/t8?,9?,10-/m0/s1. The first-order chi connectivity index (χ1) is 9.96. The van der Waals surface area contributed by atoms with Gasteiger partial charge in [-0.05, 0) is 13.8 Å². The number of carbonyl (C=O) groups excluding carboxylic acids is 1. The molecule has 2 aliphatic heterocycles. The quantitative estimate of drug-likeness (QED) is 0.902. The van der Waals surface area contributed by atoms with E-state index >= 15 is 0 Å². The molecule has 2 saturated heterocycles. The molecule has 8 heteroatoms. The summed E-state index contributed by atoms with van der Waals surface area (Å²) in [7, 11) is 0. The number of Topliss-reactive ketones (excluding diaryl/α,β-unsaturated/α-hetero) is 1. The molecular formula is C13H16ClN3O3S. The Hall–Kier alpha value is -0.890. The summed E-state index contributed by atoms with van der Waals surface area (Å²) in [6.45, 7) is 3.88. The zero-order chi connectivity index (χ0) is 15.0. The van der Waals surface area contributed by atoms with Gasteiger partial charge in [-0.15, -0.1) is 11.8 Å². The number of nitrogens with one attached hydrogen (secondary N) is 1. The molecule has 1 aromatic rings. The summed E-state index contributed by atoms with van der Waals surface area (Å²) in [6, 6.07) is 0. The van der Waals surface area contributed by atoms with Gasteiger partial charge in [0.05, 0.1) is 17.9 Å². The number of hydrogen-bond acceptors (Lipinski definition) is 7. The molecule has 114 valence electrons. The lowest BCUT2D eigenvalue weighted by Crippen LogP contribution is -2.36. The van der Waals surface area contributed by atoms with E-state index in [1.807, 2.05) is 13.8 Å². The van der Waals surface area contributed by atoms with Gasteiger partial charge in [0.1, 0.15) is 6.10 Å². The number of anilines is 1. The van der Waals surface area contributed by atoms with E-state index in [0.29, 0.717) is 5.82 Å². The van der Waals surface area contributed by atoms with Gasteiger partial charge in [0.2, 0.25) is 0 Å². The number of hydrogen-bond donors (Lipinski definition) is 1. The Balaban J connectivity index is 1.60. The molecule has 0 amide bonds. The van der Waals surface area contributed by atoms with Gasteiger partial charge < -0.3 is 14.8 Å². The van der Waals surface area contributed by atoms with Crippen LogP contribution in [0.2, 0.25) is 5.15 Å². The fourth-order valence-electron chi connectivity index (χ4n) is 2.53. The normalized spacial score (nSPS) is 30.1. The van der Waals surface area contributed by atoms with Crippen molar-refractivity contribution in [1.29, 1.82) is 0 Å². The van der Waals surface area contributed by atoms with E-state index in [-0.39, 0.29) is 34.9 Å². The molecule has 3 heterocycles. The van der Waals surface area contributed by atoms with Gasteiger partial charge in [-0.3, -0.25) is 4.79 Å². The summed E-state index contributed by atoms with van der Waals surface area (Å²) < 4.78 is 11.6. The Morgan fingerprint density at radius 1 is 1.48 bits per heavy atom. The van der Waals surface area contributed by atoms with Gasteiger partial charge in [-0.1, -0.05) is 11.6 Å². The maximum atomic E-state index is 12.4. The first kappa shape index (κ1) is 15.0. The number of aromatic nitrogens is 2. The van der Waals surface area contributed by atoms with Crippen LogP contribution in [-0.4, -0.2) is 51.3 Å². The lowest BCUT2D eigenvalue weighted by Gasteiger charge is -2.21. The molecule has 3 rings (SSSR count). The Bertz CT molecular complexity index is 557. The number of thioether (sulfide) groups is 1. The summed E-state index contributed by atoms with van der Waals surface area (Å²) in [5.41, 5.74) is 0. The monoisotopic (exact) mass is 329 g/mol. The van der Waals surface area contributed by atoms with Crippen LogP contribution in [0.4, 0.5) is 5.82 Å². The number of carbonyl (C=O) groups is 1. The molecule has 1 N–H and O–H groups in total. The molecule has 0 saturated carbocycles. The van der Waals surface area contributed by atoms with Crippen LogP contribution in [0.25, 0.3) is 0 Å². The van der Waals surface area contributed by atoms with Crippen molar-refractivity contribution in [3.05, 3.63) is 17.5 Å². The third-order valence-corrected chi connectivity index (χ3v) is 5.05. The van der Waals surface area contributed by atoms with Crippen molar-refractivity contribution in [3.8, 4) is 0 Å². The third kappa shape index (κ3) is 3.15. The Labute approximate surface area is 132 Å². The van der Waals surface area contributed by atoms with Crippen LogP contribution >= 0.6 is 23.4 Å². The molecule has 6 nitrogen and oxygen atoms in total. The third-order valence-electron chi connectivity index (χ3n) is 3.36. The molecule has 2 unspecified atom stereocenters. The van der Waals surface area contributed by atoms with Crippen molar-refractivity contribution < 1.29 is 14.3 Å². The number of fused-ring (bicyclic) bond motifs is 1. The summed E-state index contributed by atoms with van der Waals surface area (Å²) in [5, 5.41) is 2.96. The maximum absolute atomic E-state index is 12.4. The lowest BCUT2D eigenvalue weighted by molar-refractivity contribution is -0.147. The van der Waals surface area contributed by atoms with Crippen molar-refractivity contribution in [2.24, 2.45) is 0 Å². The molecule has 0 bridgehead atoms. The van der Waals surface area contributed by atoms with Gasteiger partial charge >= 0.3 is 0 Å². The molecule has 0 radical (unpaired) electrons. The first-order valence-corrected chi connectivity index (χ1v) is 8.09. The number of rotatable bonds is 4. The highest BCUT2D eigenvalue weighted by Crippen LogP contribution is 2.41. The Kier molecular flexibility index (Phi) is 4.09. The van der Waals surface area contributed by atoms with Gasteiger partial charge in [-0.2, -0.15) is 0 Å². The molecule has 0 spiro atoms. The minimum absolute atomic E-state index is 0.0148. The Morgan fingerprint density at radius 3 is 3.00 bits per heavy atom. The van der Waals surface area contributed by atoms with Crippen LogP contribution in [0.1, 0.15) is 13.8 Å². The molecule has 21 heavy (non-hydrogen) atoms. The SMILES string of the molecule is CC1(C)OC2CS[C@@H](C(=O)CNc3nccnc3Cl)C2O1. The van der Waals surface area contributed by atoms with Crippen molar-refractivity contribution >= 4 is 35.0 Å². The molecule has 3 atom stereocenters. The maximum Gasteiger partial charge on any atom is 0.171 e. The predicted molar refractivity (Wildman–Crippen MR) is 80.6 cm³/mol. The number of ketones is 1. The van der Waals surface area contributed by atoms with Gasteiger partial charge in [0.25, 0.3) is 0 Å². The molecule has 0 aliphatic carbocycles. The summed E-state index contributed by atoms with van der Waals surface area (Å²) in [5.74, 6) is 0.624. The molecule has 0 aromatic carbocycles. The van der Waals surface area contributed by atoms with Crippen molar-refractivity contribution in [1.82, 2.24) is 9.97 Å². The molecular weight excluding hydrogens is 314 g/mol. The average Bonchev–Trinajstić information content (AvgIpc) is 2.92. The second kappa shape index (κ2) is 5.72. The smallest absolute Gasteiger partial charge is 0.171 e. The fraction of sp³-hybridized carbons (Fsp3) is 0.615.